The van der Waals surface area contributed by atoms with Crippen molar-refractivity contribution in [2.45, 2.75) is 6.18 Å². The van der Waals surface area contributed by atoms with Gasteiger partial charge in [0, 0.05) is 7.05 Å². The van der Waals surface area contributed by atoms with Crippen LogP contribution in [-0.2, 0) is 6.18 Å². The number of halogens is 4. The van der Waals surface area contributed by atoms with Crippen molar-refractivity contribution >= 4 is 18.1 Å². The van der Waals surface area contributed by atoms with Gasteiger partial charge in [-0.05, 0) is 18.2 Å². The Morgan fingerprint density at radius 1 is 1.29 bits per heavy atom. The molecule has 0 spiro atoms. The highest BCUT2D eigenvalue weighted by Crippen LogP contribution is 2.30. The van der Waals surface area contributed by atoms with Gasteiger partial charge in [0.05, 0.1) is 11.3 Å². The number of nitrogens with zero attached hydrogens (tertiary/aromatic N) is 1. The Bertz CT molecular complexity index is 299. The molecule has 0 atom stereocenters. The van der Waals surface area contributed by atoms with Crippen LogP contribution in [0.2, 0.25) is 0 Å². The molecule has 6 heteroatoms. The molecule has 1 rings (SSSR count). The van der Waals surface area contributed by atoms with Gasteiger partial charge in [-0.15, -0.1) is 12.4 Å². The maximum absolute atomic E-state index is 12.2. The third-order valence-corrected chi connectivity index (χ3v) is 1.58. The predicted octanol–water partition coefficient (Wildman–Crippen LogP) is 2.44. The van der Waals surface area contributed by atoms with Crippen LogP contribution in [0.1, 0.15) is 5.56 Å². The lowest BCUT2D eigenvalue weighted by atomic mass is 10.2. The van der Waals surface area contributed by atoms with E-state index in [1.807, 2.05) is 0 Å². The molecule has 0 unspecified atom stereocenters. The van der Waals surface area contributed by atoms with E-state index < -0.39 is 11.7 Å². The van der Waals surface area contributed by atoms with Gasteiger partial charge < -0.3 is 5.01 Å². The van der Waals surface area contributed by atoms with Crippen LogP contribution in [0.4, 0.5) is 18.9 Å². The van der Waals surface area contributed by atoms with Gasteiger partial charge in [-0.2, -0.15) is 13.2 Å². The lowest BCUT2D eigenvalue weighted by Crippen LogP contribution is -2.25. The molecule has 1 aromatic carbocycles. The van der Waals surface area contributed by atoms with E-state index in [1.54, 1.807) is 0 Å². The predicted molar refractivity (Wildman–Crippen MR) is 51.3 cm³/mol. The summed E-state index contributed by atoms with van der Waals surface area (Å²) in [5.41, 5.74) is -0.364. The molecule has 0 bridgehead atoms. The third kappa shape index (κ3) is 3.08. The van der Waals surface area contributed by atoms with E-state index in [9.17, 15) is 13.2 Å². The molecule has 0 saturated carbocycles. The first kappa shape index (κ1) is 13.1. The normalized spacial score (nSPS) is 10.6. The summed E-state index contributed by atoms with van der Waals surface area (Å²) in [5.74, 6) is 5.29. The maximum atomic E-state index is 12.2. The Kier molecular flexibility index (Phi) is 4.22. The summed E-state index contributed by atoms with van der Waals surface area (Å²) < 4.78 is 36.5. The van der Waals surface area contributed by atoms with Crippen LogP contribution >= 0.6 is 12.4 Å². The van der Waals surface area contributed by atoms with E-state index in [1.165, 1.54) is 19.2 Å². The van der Waals surface area contributed by atoms with Crippen LogP contribution in [0.25, 0.3) is 0 Å². The molecule has 0 aromatic heterocycles. The Hall–Kier alpha value is -0.940. The maximum Gasteiger partial charge on any atom is 0.416 e. The summed E-state index contributed by atoms with van der Waals surface area (Å²) in [5, 5.41) is 1.13. The van der Waals surface area contributed by atoms with Gasteiger partial charge in [-0.25, -0.2) is 5.84 Å². The number of alkyl halides is 3. The molecule has 0 fully saturated rings. The number of anilines is 1. The molecular formula is C8H10ClF3N2. The van der Waals surface area contributed by atoms with E-state index in [4.69, 9.17) is 5.84 Å². The van der Waals surface area contributed by atoms with Crippen molar-refractivity contribution in [2.75, 3.05) is 12.1 Å². The molecular weight excluding hydrogens is 217 g/mol. The zero-order valence-corrected chi connectivity index (χ0v) is 8.19. The van der Waals surface area contributed by atoms with E-state index in [0.29, 0.717) is 5.69 Å². The standard InChI is InChI=1S/C8H9F3N2.ClH/c1-13(12)7-4-2-3-6(5-7)8(9,10)11;/h2-5H,12H2,1H3;1H. The number of benzene rings is 1. The van der Waals surface area contributed by atoms with Crippen LogP contribution in [0.3, 0.4) is 0 Å². The summed E-state index contributed by atoms with van der Waals surface area (Å²) in [6.45, 7) is 0. The molecule has 0 heterocycles. The van der Waals surface area contributed by atoms with Crippen molar-refractivity contribution in [2.24, 2.45) is 5.84 Å². The number of nitrogens with two attached hydrogens (primary N) is 1. The smallest absolute Gasteiger partial charge is 0.314 e. The van der Waals surface area contributed by atoms with Crippen molar-refractivity contribution in [3.63, 3.8) is 0 Å². The molecule has 0 aliphatic carbocycles. The summed E-state index contributed by atoms with van der Waals surface area (Å²) in [6.07, 6.45) is -4.31. The van der Waals surface area contributed by atoms with Crippen molar-refractivity contribution in [3.05, 3.63) is 29.8 Å². The first-order valence-electron chi connectivity index (χ1n) is 3.57. The molecule has 2 nitrogen and oxygen atoms in total. The number of hydrogen-bond donors (Lipinski definition) is 1. The number of hydrazine groups is 1. The van der Waals surface area contributed by atoms with Gasteiger partial charge in [0.15, 0.2) is 0 Å². The van der Waals surface area contributed by atoms with Crippen LogP contribution in [0.15, 0.2) is 24.3 Å². The second kappa shape index (κ2) is 4.52. The topological polar surface area (TPSA) is 29.3 Å². The van der Waals surface area contributed by atoms with Gasteiger partial charge in [-0.1, -0.05) is 6.07 Å². The minimum Gasteiger partial charge on any atom is -0.314 e. The summed E-state index contributed by atoms with van der Waals surface area (Å²) in [6, 6.07) is 4.84. The van der Waals surface area contributed by atoms with E-state index in [0.717, 1.165) is 17.1 Å². The summed E-state index contributed by atoms with van der Waals surface area (Å²) in [7, 11) is 1.48. The molecule has 0 amide bonds. The molecule has 2 N–H and O–H groups in total. The highest BCUT2D eigenvalue weighted by atomic mass is 35.5. The Labute approximate surface area is 85.9 Å². The van der Waals surface area contributed by atoms with Gasteiger partial charge in [0.25, 0.3) is 0 Å². The minimum absolute atomic E-state index is 0. The molecule has 14 heavy (non-hydrogen) atoms. The Morgan fingerprint density at radius 2 is 1.86 bits per heavy atom. The third-order valence-electron chi connectivity index (χ3n) is 1.58. The van der Waals surface area contributed by atoms with E-state index >= 15 is 0 Å². The van der Waals surface area contributed by atoms with Crippen LogP contribution < -0.4 is 10.9 Å². The first-order chi connectivity index (χ1) is 5.91. The Balaban J connectivity index is 0.00000169. The molecule has 0 aliphatic rings. The van der Waals surface area contributed by atoms with Gasteiger partial charge in [0.2, 0.25) is 0 Å². The van der Waals surface area contributed by atoms with Crippen LogP contribution in [0.5, 0.6) is 0 Å². The van der Waals surface area contributed by atoms with E-state index in [-0.39, 0.29) is 12.4 Å². The lowest BCUT2D eigenvalue weighted by molar-refractivity contribution is -0.137. The quantitative estimate of drug-likeness (QED) is 0.589. The lowest BCUT2D eigenvalue weighted by Gasteiger charge is -2.14. The van der Waals surface area contributed by atoms with Crippen molar-refractivity contribution in [1.82, 2.24) is 0 Å². The number of hydrogen-bond acceptors (Lipinski definition) is 2. The average molecular weight is 227 g/mol. The summed E-state index contributed by atoms with van der Waals surface area (Å²) >= 11 is 0. The van der Waals surface area contributed by atoms with Crippen LogP contribution in [0, 0.1) is 0 Å². The first-order valence-corrected chi connectivity index (χ1v) is 3.57. The minimum atomic E-state index is -4.31. The zero-order chi connectivity index (χ0) is 10.1. The largest absolute Gasteiger partial charge is 0.416 e. The second-order valence-electron chi connectivity index (χ2n) is 2.66. The average Bonchev–Trinajstić information content (AvgIpc) is 2.03. The Morgan fingerprint density at radius 3 is 2.29 bits per heavy atom. The SMILES string of the molecule is CN(N)c1cccc(C(F)(F)F)c1.Cl. The second-order valence-corrected chi connectivity index (χ2v) is 2.66. The van der Waals surface area contributed by atoms with Crippen molar-refractivity contribution in [1.29, 1.82) is 0 Å². The molecule has 1 aromatic rings. The zero-order valence-electron chi connectivity index (χ0n) is 7.38. The fourth-order valence-electron chi connectivity index (χ4n) is 0.902. The monoisotopic (exact) mass is 226 g/mol. The van der Waals surface area contributed by atoms with Crippen LogP contribution in [-0.4, -0.2) is 7.05 Å². The van der Waals surface area contributed by atoms with Gasteiger partial charge >= 0.3 is 6.18 Å². The molecule has 0 radical (unpaired) electrons. The van der Waals surface area contributed by atoms with Gasteiger partial charge in [-0.3, -0.25) is 0 Å². The fourth-order valence-corrected chi connectivity index (χ4v) is 0.902. The van der Waals surface area contributed by atoms with Gasteiger partial charge in [0.1, 0.15) is 0 Å². The molecule has 0 aliphatic heterocycles. The molecule has 80 valence electrons. The van der Waals surface area contributed by atoms with E-state index in [2.05, 4.69) is 0 Å². The highest BCUT2D eigenvalue weighted by Gasteiger charge is 2.30. The molecule has 0 saturated heterocycles. The van der Waals surface area contributed by atoms with Crippen molar-refractivity contribution in [3.8, 4) is 0 Å². The number of rotatable bonds is 1. The summed E-state index contributed by atoms with van der Waals surface area (Å²) in [4.78, 5) is 0. The highest BCUT2D eigenvalue weighted by molar-refractivity contribution is 5.85. The van der Waals surface area contributed by atoms with Crippen molar-refractivity contribution < 1.29 is 13.2 Å². The fraction of sp³-hybridized carbons (Fsp3) is 0.250.